The summed E-state index contributed by atoms with van der Waals surface area (Å²) in [4.78, 5) is 43.4. The molecule has 40 heavy (non-hydrogen) atoms. The number of anilines is 1. The van der Waals surface area contributed by atoms with E-state index in [1.807, 2.05) is 76.4 Å². The van der Waals surface area contributed by atoms with Gasteiger partial charge >= 0.3 is 12.1 Å². The molecule has 3 heterocycles. The number of ether oxygens (including phenoxy) is 2. The van der Waals surface area contributed by atoms with Gasteiger partial charge in [0.25, 0.3) is 0 Å². The zero-order chi connectivity index (χ0) is 28.6. The fourth-order valence-corrected chi connectivity index (χ4v) is 5.03. The third-order valence-corrected chi connectivity index (χ3v) is 7.13. The molecule has 0 spiro atoms. The van der Waals surface area contributed by atoms with E-state index in [4.69, 9.17) is 9.47 Å². The van der Waals surface area contributed by atoms with Crippen molar-refractivity contribution in [3.8, 4) is 5.75 Å². The number of nitrogens with zero attached hydrogens (tertiary/aromatic N) is 5. The molecular formula is C30H35N5O5. The average molecular weight is 546 g/mol. The maximum Gasteiger partial charge on any atom is 0.410 e. The van der Waals surface area contributed by atoms with Gasteiger partial charge < -0.3 is 14.4 Å². The second kappa shape index (κ2) is 10.7. The molecule has 0 saturated carbocycles. The lowest BCUT2D eigenvalue weighted by atomic mass is 9.98. The van der Waals surface area contributed by atoms with E-state index in [1.54, 1.807) is 21.6 Å². The quantitative estimate of drug-likeness (QED) is 0.449. The Morgan fingerprint density at radius 1 is 1.02 bits per heavy atom. The van der Waals surface area contributed by atoms with Crippen molar-refractivity contribution < 1.29 is 23.9 Å². The molecule has 2 aromatic carbocycles. The van der Waals surface area contributed by atoms with Gasteiger partial charge in [0, 0.05) is 38.5 Å². The molecule has 0 bridgehead atoms. The molecule has 0 N–H and O–H groups in total. The molecule has 2 aliphatic rings. The van der Waals surface area contributed by atoms with Crippen LogP contribution in [-0.4, -0.2) is 70.0 Å². The first-order valence-corrected chi connectivity index (χ1v) is 13.4. The summed E-state index contributed by atoms with van der Waals surface area (Å²) >= 11 is 0. The van der Waals surface area contributed by atoms with E-state index in [0.29, 0.717) is 31.1 Å². The lowest BCUT2D eigenvalue weighted by Crippen LogP contribution is -2.52. The molecular weight excluding hydrogens is 510 g/mol. The minimum atomic E-state index is -0.538. The van der Waals surface area contributed by atoms with Crippen LogP contribution < -0.4 is 9.64 Å². The van der Waals surface area contributed by atoms with Crippen molar-refractivity contribution >= 4 is 40.3 Å². The Morgan fingerprint density at radius 2 is 1.77 bits per heavy atom. The molecule has 3 aromatic rings. The number of aromatic nitrogens is 2. The van der Waals surface area contributed by atoms with Gasteiger partial charge in [0.05, 0.1) is 19.2 Å². The summed E-state index contributed by atoms with van der Waals surface area (Å²) in [7, 11) is 3.44. The molecule has 0 unspecified atom stereocenters. The van der Waals surface area contributed by atoms with E-state index in [2.05, 4.69) is 5.10 Å². The third-order valence-electron chi connectivity index (χ3n) is 7.13. The molecule has 0 radical (unpaired) electrons. The van der Waals surface area contributed by atoms with E-state index < -0.39 is 5.60 Å². The van der Waals surface area contributed by atoms with Crippen LogP contribution in [0.5, 0.6) is 5.75 Å². The number of amides is 4. The number of benzene rings is 2. The normalized spacial score (nSPS) is 16.4. The summed E-state index contributed by atoms with van der Waals surface area (Å²) in [5.74, 6) is 1.03. The largest absolute Gasteiger partial charge is 0.497 e. The molecule has 1 saturated heterocycles. The van der Waals surface area contributed by atoms with Gasteiger partial charge in [-0.05, 0) is 68.2 Å². The summed E-state index contributed by atoms with van der Waals surface area (Å²) in [5, 5.41) is 5.52. The van der Waals surface area contributed by atoms with Crippen LogP contribution in [0.1, 0.15) is 44.7 Å². The minimum absolute atomic E-state index is 0.176. The van der Waals surface area contributed by atoms with E-state index in [0.717, 1.165) is 27.6 Å². The topological polar surface area (TPSA) is 97.2 Å². The number of fused-ring (bicyclic) bond motifs is 1. The summed E-state index contributed by atoms with van der Waals surface area (Å²) in [6, 6.07) is 13.0. The minimum Gasteiger partial charge on any atom is -0.497 e. The first kappa shape index (κ1) is 27.2. The average Bonchev–Trinajstić information content (AvgIpc) is 3.26. The Balaban J connectivity index is 1.39. The molecule has 5 rings (SSSR count). The van der Waals surface area contributed by atoms with Crippen molar-refractivity contribution in [3.05, 3.63) is 59.7 Å². The number of urea groups is 1. The fourth-order valence-electron chi connectivity index (χ4n) is 5.03. The zero-order valence-corrected chi connectivity index (χ0v) is 23.6. The smallest absolute Gasteiger partial charge is 0.410 e. The second-order valence-electron chi connectivity index (χ2n) is 11.1. The zero-order valence-electron chi connectivity index (χ0n) is 23.6. The van der Waals surface area contributed by atoms with Crippen LogP contribution in [0.2, 0.25) is 0 Å². The Hall–Kier alpha value is -4.34. The van der Waals surface area contributed by atoms with Gasteiger partial charge in [0.15, 0.2) is 5.82 Å². The van der Waals surface area contributed by atoms with Gasteiger partial charge in [-0.1, -0.05) is 24.3 Å². The number of carbonyl (C=O) groups excluding carboxylic acids is 3. The highest BCUT2D eigenvalue weighted by Gasteiger charge is 2.35. The maximum absolute atomic E-state index is 13.6. The Morgan fingerprint density at radius 3 is 2.42 bits per heavy atom. The Labute approximate surface area is 233 Å². The van der Waals surface area contributed by atoms with Gasteiger partial charge in [0.2, 0.25) is 5.91 Å². The second-order valence-corrected chi connectivity index (χ2v) is 11.1. The van der Waals surface area contributed by atoms with Crippen LogP contribution in [0, 0.1) is 0 Å². The van der Waals surface area contributed by atoms with E-state index >= 15 is 0 Å². The number of methoxy groups -OCH3 is 1. The van der Waals surface area contributed by atoms with Crippen LogP contribution in [-0.2, 0) is 23.1 Å². The van der Waals surface area contributed by atoms with Gasteiger partial charge in [0.1, 0.15) is 11.4 Å². The molecule has 0 aliphatic carbocycles. The number of carbonyl (C=O) groups is 3. The van der Waals surface area contributed by atoms with Crippen molar-refractivity contribution in [2.45, 2.75) is 45.8 Å². The van der Waals surface area contributed by atoms with Crippen molar-refractivity contribution in [2.75, 3.05) is 31.6 Å². The Bertz CT molecular complexity index is 1480. The molecule has 10 nitrogen and oxygen atoms in total. The predicted octanol–water partition coefficient (Wildman–Crippen LogP) is 4.97. The molecule has 10 heteroatoms. The van der Waals surface area contributed by atoms with E-state index in [9.17, 15) is 14.4 Å². The number of hydrogen-bond acceptors (Lipinski definition) is 6. The summed E-state index contributed by atoms with van der Waals surface area (Å²) in [5.41, 5.74) is 3.32. The molecule has 4 amide bonds. The SMILES string of the molecule is COc1ccc(CN2C(=O)CCN(c3nn(C)c4ccc(C5=CCN(C(=O)OC(C)(C)C)CC5)cc34)C2=O)cc1. The van der Waals surface area contributed by atoms with Crippen LogP contribution in [0.3, 0.4) is 0 Å². The highest BCUT2D eigenvalue weighted by molar-refractivity contribution is 6.09. The lowest BCUT2D eigenvalue weighted by molar-refractivity contribution is -0.129. The maximum atomic E-state index is 13.6. The van der Waals surface area contributed by atoms with Crippen LogP contribution in [0.15, 0.2) is 48.5 Å². The lowest BCUT2D eigenvalue weighted by Gasteiger charge is -2.33. The van der Waals surface area contributed by atoms with Crippen molar-refractivity contribution in [1.82, 2.24) is 19.6 Å². The molecule has 2 aliphatic heterocycles. The van der Waals surface area contributed by atoms with Crippen LogP contribution in [0.4, 0.5) is 15.4 Å². The van der Waals surface area contributed by atoms with Gasteiger partial charge in [-0.25, -0.2) is 9.59 Å². The predicted molar refractivity (Wildman–Crippen MR) is 152 cm³/mol. The molecule has 0 atom stereocenters. The summed E-state index contributed by atoms with van der Waals surface area (Å²) in [6.45, 7) is 7.05. The molecule has 210 valence electrons. The first-order valence-electron chi connectivity index (χ1n) is 13.4. The molecule has 1 aromatic heterocycles. The molecule has 1 fully saturated rings. The number of hydrogen-bond donors (Lipinski definition) is 0. The third kappa shape index (κ3) is 5.52. The summed E-state index contributed by atoms with van der Waals surface area (Å²) < 4.78 is 12.5. The number of aryl methyl sites for hydroxylation is 1. The van der Waals surface area contributed by atoms with Crippen molar-refractivity contribution in [1.29, 1.82) is 0 Å². The number of rotatable bonds is 5. The standard InChI is InChI=1S/C30H35N5O5/c1-30(2,3)40-29(38)33-15-12-21(13-16-33)22-8-11-25-24(18-22)27(31-32(25)4)34-17-14-26(36)35(28(34)37)19-20-6-9-23(39-5)10-7-20/h6-12,18H,13-17,19H2,1-5H3. The highest BCUT2D eigenvalue weighted by atomic mass is 16.6. The van der Waals surface area contributed by atoms with Crippen molar-refractivity contribution in [3.63, 3.8) is 0 Å². The van der Waals surface area contributed by atoms with Crippen LogP contribution in [0.25, 0.3) is 16.5 Å². The van der Waals surface area contributed by atoms with Crippen LogP contribution >= 0.6 is 0 Å². The van der Waals surface area contributed by atoms with E-state index in [1.165, 1.54) is 4.90 Å². The Kier molecular flexibility index (Phi) is 7.27. The van der Waals surface area contributed by atoms with Gasteiger partial charge in [-0.15, -0.1) is 0 Å². The van der Waals surface area contributed by atoms with E-state index in [-0.39, 0.29) is 37.5 Å². The van der Waals surface area contributed by atoms with Gasteiger partial charge in [-0.3, -0.25) is 19.3 Å². The monoisotopic (exact) mass is 545 g/mol. The first-order chi connectivity index (χ1) is 19.0. The van der Waals surface area contributed by atoms with Gasteiger partial charge in [-0.2, -0.15) is 5.10 Å². The number of imide groups is 1. The highest BCUT2D eigenvalue weighted by Crippen LogP contribution is 2.33. The fraction of sp³-hybridized carbons (Fsp3) is 0.400. The summed E-state index contributed by atoms with van der Waals surface area (Å²) in [6.07, 6.45) is 2.63. The van der Waals surface area contributed by atoms with Crippen molar-refractivity contribution in [2.24, 2.45) is 7.05 Å².